The van der Waals surface area contributed by atoms with Crippen LogP contribution in [-0.2, 0) is 19.2 Å². The molecule has 0 spiro atoms. The Bertz CT molecular complexity index is 348. The van der Waals surface area contributed by atoms with Crippen LogP contribution in [0.1, 0.15) is 12.8 Å². The number of nitrogens with two attached hydrogens (primary N) is 1. The van der Waals surface area contributed by atoms with Crippen LogP contribution in [0.3, 0.4) is 0 Å². The molecule has 20 heavy (non-hydrogen) atoms. The van der Waals surface area contributed by atoms with Crippen LogP contribution in [0.5, 0.6) is 0 Å². The molecule has 0 aliphatic rings. The molecule has 0 saturated carbocycles. The molecule has 0 bridgehead atoms. The van der Waals surface area contributed by atoms with E-state index in [1.807, 2.05) is 0 Å². The molecule has 7 N–H and O–H groups in total. The lowest BCUT2D eigenvalue weighted by atomic mass is 10.2. The zero-order valence-corrected chi connectivity index (χ0v) is 11.9. The van der Waals surface area contributed by atoms with Crippen LogP contribution in [-0.4, -0.2) is 57.1 Å². The molecule has 0 aliphatic heterocycles. The second kappa shape index (κ2) is 12.3. The van der Waals surface area contributed by atoms with E-state index >= 15 is 0 Å². The van der Waals surface area contributed by atoms with E-state index in [4.69, 9.17) is 21.1 Å². The second-order valence-electron chi connectivity index (χ2n) is 3.31. The Morgan fingerprint density at radius 3 is 2.00 bits per heavy atom. The van der Waals surface area contributed by atoms with Gasteiger partial charge in [0.1, 0.15) is 12.6 Å². The van der Waals surface area contributed by atoms with Crippen LogP contribution in [0.15, 0.2) is 0 Å². The SMILES string of the molecule is NC(CCC(=O)O)C(=O)O.O=C(O)CNNC(=O)CBr. The third-order valence-corrected chi connectivity index (χ3v) is 2.08. The molecule has 0 aromatic heterocycles. The molecule has 11 heteroatoms. The lowest BCUT2D eigenvalue weighted by Crippen LogP contribution is -2.40. The maximum Gasteiger partial charge on any atom is 0.320 e. The molecule has 1 unspecified atom stereocenters. The maximum atomic E-state index is 10.4. The maximum absolute atomic E-state index is 10.4. The number of aliphatic carboxylic acids is 3. The van der Waals surface area contributed by atoms with Crippen LogP contribution in [0.4, 0.5) is 0 Å². The number of hydrazine groups is 1. The fourth-order valence-electron chi connectivity index (χ4n) is 0.654. The number of carbonyl (C=O) groups excluding carboxylic acids is 1. The van der Waals surface area contributed by atoms with E-state index in [0.717, 1.165) is 0 Å². The quantitative estimate of drug-likeness (QED) is 0.219. The van der Waals surface area contributed by atoms with Crippen molar-refractivity contribution >= 4 is 39.7 Å². The predicted octanol–water partition coefficient (Wildman–Crippen LogP) is -1.65. The van der Waals surface area contributed by atoms with Gasteiger partial charge < -0.3 is 21.1 Å². The van der Waals surface area contributed by atoms with Crippen molar-refractivity contribution in [3.05, 3.63) is 0 Å². The second-order valence-corrected chi connectivity index (χ2v) is 3.87. The van der Waals surface area contributed by atoms with Gasteiger partial charge in [0.25, 0.3) is 0 Å². The molecule has 0 heterocycles. The summed E-state index contributed by atoms with van der Waals surface area (Å²) in [5.41, 5.74) is 9.36. The van der Waals surface area contributed by atoms with Gasteiger partial charge >= 0.3 is 17.9 Å². The Balaban J connectivity index is 0. The van der Waals surface area contributed by atoms with Crippen LogP contribution in [0, 0.1) is 0 Å². The van der Waals surface area contributed by atoms with Crippen molar-refractivity contribution in [2.45, 2.75) is 18.9 Å². The Hall–Kier alpha value is -1.72. The zero-order chi connectivity index (χ0) is 16.1. The molecular weight excluding hydrogens is 342 g/mol. The van der Waals surface area contributed by atoms with Crippen molar-refractivity contribution in [1.82, 2.24) is 10.9 Å². The van der Waals surface area contributed by atoms with E-state index in [9.17, 15) is 19.2 Å². The number of alkyl halides is 1. The number of rotatable bonds is 8. The van der Waals surface area contributed by atoms with Crippen molar-refractivity contribution in [2.24, 2.45) is 5.73 Å². The molecule has 116 valence electrons. The topological polar surface area (TPSA) is 179 Å². The highest BCUT2D eigenvalue weighted by molar-refractivity contribution is 9.09. The third-order valence-electron chi connectivity index (χ3n) is 1.58. The first kappa shape index (κ1) is 20.6. The van der Waals surface area contributed by atoms with Gasteiger partial charge in [-0.25, -0.2) is 5.43 Å². The van der Waals surface area contributed by atoms with Crippen molar-refractivity contribution in [3.8, 4) is 0 Å². The summed E-state index contributed by atoms with van der Waals surface area (Å²) >= 11 is 2.88. The number of carboxylic acids is 3. The van der Waals surface area contributed by atoms with E-state index in [-0.39, 0.29) is 30.6 Å². The summed E-state index contributed by atoms with van der Waals surface area (Å²) in [5, 5.41) is 24.5. The van der Waals surface area contributed by atoms with Gasteiger partial charge in [-0.3, -0.25) is 24.6 Å². The normalized spacial score (nSPS) is 10.7. The van der Waals surface area contributed by atoms with Crippen LogP contribution < -0.4 is 16.6 Å². The first-order chi connectivity index (χ1) is 9.20. The number of hydrogen-bond acceptors (Lipinski definition) is 6. The molecule has 0 aromatic rings. The van der Waals surface area contributed by atoms with E-state index in [0.29, 0.717) is 0 Å². The first-order valence-corrected chi connectivity index (χ1v) is 6.32. The Kier molecular flexibility index (Phi) is 12.7. The minimum atomic E-state index is -1.17. The Labute approximate surface area is 122 Å². The molecule has 0 aliphatic carbocycles. The van der Waals surface area contributed by atoms with Gasteiger partial charge in [-0.1, -0.05) is 15.9 Å². The van der Waals surface area contributed by atoms with Gasteiger partial charge in [-0.2, -0.15) is 0 Å². The summed E-state index contributed by atoms with van der Waals surface area (Å²) < 4.78 is 0. The summed E-state index contributed by atoms with van der Waals surface area (Å²) in [4.78, 5) is 40.1. The third kappa shape index (κ3) is 16.3. The number of carbonyl (C=O) groups is 4. The Morgan fingerprint density at radius 2 is 1.65 bits per heavy atom. The molecule has 0 radical (unpaired) electrons. The smallest absolute Gasteiger partial charge is 0.320 e. The summed E-state index contributed by atoms with van der Waals surface area (Å²) in [7, 11) is 0. The minimum Gasteiger partial charge on any atom is -0.481 e. The average molecular weight is 358 g/mol. The van der Waals surface area contributed by atoms with E-state index < -0.39 is 23.9 Å². The van der Waals surface area contributed by atoms with Gasteiger partial charge in [0.05, 0.1) is 5.33 Å². The van der Waals surface area contributed by atoms with E-state index in [1.165, 1.54) is 0 Å². The highest BCUT2D eigenvalue weighted by Gasteiger charge is 2.12. The lowest BCUT2D eigenvalue weighted by Gasteiger charge is -2.01. The summed E-state index contributed by atoms with van der Waals surface area (Å²) in [5.74, 6) is -3.52. The highest BCUT2D eigenvalue weighted by atomic mass is 79.9. The van der Waals surface area contributed by atoms with Gasteiger partial charge in [-0.15, -0.1) is 0 Å². The van der Waals surface area contributed by atoms with Crippen LogP contribution in [0.25, 0.3) is 0 Å². The number of amides is 1. The highest BCUT2D eigenvalue weighted by Crippen LogP contribution is 1.93. The largest absolute Gasteiger partial charge is 0.481 e. The lowest BCUT2D eigenvalue weighted by molar-refractivity contribution is -0.140. The minimum absolute atomic E-state index is 0.0231. The molecule has 1 amide bonds. The number of nitrogens with one attached hydrogen (secondary N) is 2. The van der Waals surface area contributed by atoms with Crippen molar-refractivity contribution in [1.29, 1.82) is 0 Å². The van der Waals surface area contributed by atoms with Crippen LogP contribution in [0.2, 0.25) is 0 Å². The first-order valence-electron chi connectivity index (χ1n) is 5.20. The molecule has 10 nitrogen and oxygen atoms in total. The number of hydrogen-bond donors (Lipinski definition) is 6. The zero-order valence-electron chi connectivity index (χ0n) is 10.3. The van der Waals surface area contributed by atoms with E-state index in [2.05, 4.69) is 26.8 Å². The predicted molar refractivity (Wildman–Crippen MR) is 70.1 cm³/mol. The van der Waals surface area contributed by atoms with Gasteiger partial charge in [0.2, 0.25) is 5.91 Å². The molecular formula is C9H16BrN3O7. The molecule has 0 saturated heterocycles. The summed E-state index contributed by atoms with van der Waals surface area (Å²) in [6, 6.07) is -1.06. The monoisotopic (exact) mass is 357 g/mol. The number of carboxylic acid groups (broad SMARTS) is 3. The Morgan fingerprint density at radius 1 is 1.10 bits per heavy atom. The molecule has 0 fully saturated rings. The van der Waals surface area contributed by atoms with Gasteiger partial charge in [0, 0.05) is 6.42 Å². The van der Waals surface area contributed by atoms with Gasteiger partial charge in [-0.05, 0) is 6.42 Å². The fraction of sp³-hybridized carbons (Fsp3) is 0.556. The van der Waals surface area contributed by atoms with Crippen molar-refractivity contribution in [3.63, 3.8) is 0 Å². The van der Waals surface area contributed by atoms with Crippen molar-refractivity contribution < 1.29 is 34.5 Å². The van der Waals surface area contributed by atoms with Crippen LogP contribution >= 0.6 is 15.9 Å². The fourth-order valence-corrected chi connectivity index (χ4v) is 0.794. The van der Waals surface area contributed by atoms with Gasteiger partial charge in [0.15, 0.2) is 0 Å². The average Bonchev–Trinajstić information content (AvgIpc) is 2.35. The van der Waals surface area contributed by atoms with E-state index in [1.54, 1.807) is 0 Å². The summed E-state index contributed by atoms with van der Waals surface area (Å²) in [6.07, 6.45) is -0.224. The molecule has 1 atom stereocenters. The molecule has 0 aromatic carbocycles. The standard InChI is InChI=1S/C5H9NO4.C4H7BrN2O3/c6-3(5(9)10)1-2-4(7)8;5-1-3(8)7-6-2-4(9)10/h3H,1-2,6H2,(H,7,8)(H,9,10);6H,1-2H2,(H,7,8)(H,9,10). The molecule has 0 rings (SSSR count). The van der Waals surface area contributed by atoms with Crippen molar-refractivity contribution in [2.75, 3.05) is 11.9 Å². The summed E-state index contributed by atoms with van der Waals surface area (Å²) in [6.45, 7) is -0.279. The number of halogens is 1.